The van der Waals surface area contributed by atoms with Crippen molar-refractivity contribution in [1.82, 2.24) is 14.4 Å². The lowest BCUT2D eigenvalue weighted by molar-refractivity contribution is -0.120. The molecule has 0 radical (unpaired) electrons. The van der Waals surface area contributed by atoms with Gasteiger partial charge >= 0.3 is 0 Å². The number of nitrogens with zero attached hydrogens (tertiary/aromatic N) is 3. The molecule has 34 heavy (non-hydrogen) atoms. The van der Waals surface area contributed by atoms with Crippen LogP contribution in [0, 0.1) is 26.7 Å². The maximum Gasteiger partial charge on any atom is 0.244 e. The van der Waals surface area contributed by atoms with Gasteiger partial charge in [-0.3, -0.25) is 4.79 Å². The second kappa shape index (κ2) is 8.90. The molecule has 5 rings (SSSR count). The molecule has 1 aliphatic heterocycles. The zero-order chi connectivity index (χ0) is 24.0. The van der Waals surface area contributed by atoms with Gasteiger partial charge in [0.1, 0.15) is 0 Å². The molecule has 1 aromatic carbocycles. The molecule has 0 bridgehead atoms. The van der Waals surface area contributed by atoms with Crippen LogP contribution in [0.15, 0.2) is 33.7 Å². The van der Waals surface area contributed by atoms with Crippen molar-refractivity contribution in [2.75, 3.05) is 18.4 Å². The first-order chi connectivity index (χ1) is 16.2. The molecule has 10 heteroatoms. The van der Waals surface area contributed by atoms with Gasteiger partial charge in [0.25, 0.3) is 0 Å². The van der Waals surface area contributed by atoms with E-state index in [0.717, 1.165) is 24.1 Å². The van der Waals surface area contributed by atoms with E-state index in [1.54, 1.807) is 13.0 Å². The lowest BCUT2D eigenvalue weighted by atomic mass is 9.97. The summed E-state index contributed by atoms with van der Waals surface area (Å²) in [6.07, 6.45) is 3.09. The summed E-state index contributed by atoms with van der Waals surface area (Å²) in [7, 11) is -3.67. The van der Waals surface area contributed by atoms with E-state index >= 15 is 0 Å². The molecule has 0 spiro atoms. The van der Waals surface area contributed by atoms with Crippen LogP contribution in [-0.4, -0.2) is 41.9 Å². The Labute approximate surface area is 203 Å². The zero-order valence-electron chi connectivity index (χ0n) is 19.5. The topological polar surface area (TPSA) is 105 Å². The number of carbonyl (C=O) groups is 1. The van der Waals surface area contributed by atoms with Gasteiger partial charge in [-0.2, -0.15) is 9.29 Å². The Kier molecular flexibility index (Phi) is 6.07. The van der Waals surface area contributed by atoms with Gasteiger partial charge in [-0.15, -0.1) is 11.3 Å². The third-order valence-electron chi connectivity index (χ3n) is 6.68. The van der Waals surface area contributed by atoms with Crippen molar-refractivity contribution >= 4 is 33.0 Å². The van der Waals surface area contributed by atoms with E-state index in [9.17, 15) is 13.2 Å². The van der Waals surface area contributed by atoms with Crippen molar-refractivity contribution in [1.29, 1.82) is 0 Å². The van der Waals surface area contributed by atoms with Gasteiger partial charge in [0.15, 0.2) is 0 Å². The van der Waals surface area contributed by atoms with E-state index in [1.807, 2.05) is 32.0 Å². The summed E-state index contributed by atoms with van der Waals surface area (Å²) in [5, 5.41) is 7.02. The molecule has 3 heterocycles. The lowest BCUT2D eigenvalue weighted by Gasteiger charge is -2.30. The Balaban J connectivity index is 1.24. The van der Waals surface area contributed by atoms with Crippen molar-refractivity contribution in [3.63, 3.8) is 0 Å². The summed E-state index contributed by atoms with van der Waals surface area (Å²) < 4.78 is 33.6. The Morgan fingerprint density at radius 2 is 1.82 bits per heavy atom. The summed E-state index contributed by atoms with van der Waals surface area (Å²) in [5.74, 6) is 1.15. The number of rotatable bonds is 6. The molecule has 1 saturated heterocycles. The molecule has 2 aliphatic rings. The van der Waals surface area contributed by atoms with Gasteiger partial charge in [-0.25, -0.2) is 8.42 Å². The van der Waals surface area contributed by atoms with E-state index in [4.69, 9.17) is 4.52 Å². The second-order valence-electron chi connectivity index (χ2n) is 9.23. The van der Waals surface area contributed by atoms with Gasteiger partial charge in [0, 0.05) is 35.5 Å². The highest BCUT2D eigenvalue weighted by atomic mass is 32.2. The SMILES string of the molecule is Cc1ccc(NC(=O)C2CCN(S(=O)(=O)c3cc(-c4noc(C5CC5)n4)sc3C)CC2)cc1C. The summed E-state index contributed by atoms with van der Waals surface area (Å²) in [6, 6.07) is 7.49. The summed E-state index contributed by atoms with van der Waals surface area (Å²) in [5.41, 5.74) is 3.07. The number of carbonyl (C=O) groups excluding carboxylic acids is 1. The first-order valence-corrected chi connectivity index (χ1v) is 13.8. The predicted molar refractivity (Wildman–Crippen MR) is 130 cm³/mol. The van der Waals surface area contributed by atoms with Gasteiger partial charge in [-0.1, -0.05) is 11.2 Å². The highest BCUT2D eigenvalue weighted by Gasteiger charge is 2.35. The molecule has 8 nitrogen and oxygen atoms in total. The van der Waals surface area contributed by atoms with Crippen molar-refractivity contribution in [3.8, 4) is 10.7 Å². The van der Waals surface area contributed by atoms with Crippen LogP contribution in [0.1, 0.15) is 53.5 Å². The molecule has 1 aliphatic carbocycles. The largest absolute Gasteiger partial charge is 0.339 e. The number of anilines is 1. The van der Waals surface area contributed by atoms with E-state index in [1.165, 1.54) is 21.2 Å². The second-order valence-corrected chi connectivity index (χ2v) is 12.4. The highest BCUT2D eigenvalue weighted by Crippen LogP contribution is 2.41. The third kappa shape index (κ3) is 4.54. The Bertz CT molecular complexity index is 1330. The number of hydrogen-bond acceptors (Lipinski definition) is 7. The number of thiophene rings is 1. The number of nitrogens with one attached hydrogen (secondary N) is 1. The fourth-order valence-electron chi connectivity index (χ4n) is 4.22. The van der Waals surface area contributed by atoms with E-state index in [2.05, 4.69) is 15.5 Å². The van der Waals surface area contributed by atoms with E-state index in [-0.39, 0.29) is 16.7 Å². The number of amides is 1. The van der Waals surface area contributed by atoms with Crippen LogP contribution in [0.4, 0.5) is 5.69 Å². The summed E-state index contributed by atoms with van der Waals surface area (Å²) in [6.45, 7) is 6.46. The van der Waals surface area contributed by atoms with Crippen molar-refractivity contribution in [3.05, 3.63) is 46.2 Å². The van der Waals surface area contributed by atoms with E-state index < -0.39 is 10.0 Å². The third-order valence-corrected chi connectivity index (χ3v) is 9.88. The smallest absolute Gasteiger partial charge is 0.244 e. The molecule has 1 saturated carbocycles. The number of sulfonamides is 1. The minimum absolute atomic E-state index is 0.0575. The molecule has 2 aromatic heterocycles. The molecular weight excluding hydrogens is 472 g/mol. The van der Waals surface area contributed by atoms with E-state index in [0.29, 0.717) is 53.3 Å². The summed E-state index contributed by atoms with van der Waals surface area (Å²) in [4.78, 5) is 18.9. The quantitative estimate of drug-likeness (QED) is 0.529. The van der Waals surface area contributed by atoms with Crippen LogP contribution in [0.25, 0.3) is 10.7 Å². The van der Waals surface area contributed by atoms with Crippen molar-refractivity contribution < 1.29 is 17.7 Å². The van der Waals surface area contributed by atoms with Gasteiger partial charge in [0.2, 0.25) is 27.6 Å². The first kappa shape index (κ1) is 23.2. The number of aromatic nitrogens is 2. The molecule has 0 unspecified atom stereocenters. The number of benzene rings is 1. The average molecular weight is 501 g/mol. The number of piperidine rings is 1. The van der Waals surface area contributed by atoms with Crippen LogP contribution in [0.5, 0.6) is 0 Å². The maximum atomic E-state index is 13.4. The Morgan fingerprint density at radius 3 is 2.50 bits per heavy atom. The molecule has 0 atom stereocenters. The monoisotopic (exact) mass is 500 g/mol. The first-order valence-electron chi connectivity index (χ1n) is 11.5. The minimum Gasteiger partial charge on any atom is -0.339 e. The van der Waals surface area contributed by atoms with Gasteiger partial charge in [0.05, 0.1) is 9.77 Å². The van der Waals surface area contributed by atoms with Crippen molar-refractivity contribution in [2.45, 2.75) is 57.3 Å². The standard InChI is InChI=1S/C24H28N4O4S2/c1-14-4-7-19(12-15(14)2)25-23(29)17-8-10-28(11-9-17)34(30,31)21-13-20(33-16(21)3)22-26-24(32-27-22)18-5-6-18/h4,7,12-13,17-18H,5-6,8-11H2,1-3H3,(H,25,29). The van der Waals surface area contributed by atoms with Gasteiger partial charge in [-0.05, 0) is 75.8 Å². The Morgan fingerprint density at radius 1 is 1.09 bits per heavy atom. The zero-order valence-corrected chi connectivity index (χ0v) is 21.1. The van der Waals surface area contributed by atoms with Gasteiger partial charge < -0.3 is 9.84 Å². The fourth-order valence-corrected chi connectivity index (χ4v) is 7.18. The number of aryl methyl sites for hydroxylation is 3. The maximum absolute atomic E-state index is 13.4. The average Bonchev–Trinajstić information content (AvgIpc) is 3.40. The van der Waals surface area contributed by atoms with Crippen LogP contribution in [0.3, 0.4) is 0 Å². The summed E-state index contributed by atoms with van der Waals surface area (Å²) >= 11 is 1.36. The molecule has 1 N–H and O–H groups in total. The normalized spacial score (nSPS) is 17.7. The fraction of sp³-hybridized carbons (Fsp3) is 0.458. The van der Waals surface area contributed by atoms with Crippen LogP contribution < -0.4 is 5.32 Å². The van der Waals surface area contributed by atoms with Crippen LogP contribution in [0.2, 0.25) is 0 Å². The van der Waals surface area contributed by atoms with Crippen LogP contribution >= 0.6 is 11.3 Å². The molecule has 1 amide bonds. The number of hydrogen-bond donors (Lipinski definition) is 1. The lowest BCUT2D eigenvalue weighted by Crippen LogP contribution is -2.41. The van der Waals surface area contributed by atoms with Crippen LogP contribution in [-0.2, 0) is 14.8 Å². The highest BCUT2D eigenvalue weighted by molar-refractivity contribution is 7.89. The Hall–Kier alpha value is -2.56. The predicted octanol–water partition coefficient (Wildman–Crippen LogP) is 4.64. The van der Waals surface area contributed by atoms with Crippen molar-refractivity contribution in [2.24, 2.45) is 5.92 Å². The molecule has 3 aromatic rings. The molecule has 180 valence electrons. The molecular formula is C24H28N4O4S2. The minimum atomic E-state index is -3.67. The molecule has 2 fully saturated rings.